The van der Waals surface area contributed by atoms with E-state index in [9.17, 15) is 9.59 Å². The monoisotopic (exact) mass is 367 g/mol. The molecule has 0 aromatic rings. The van der Waals surface area contributed by atoms with E-state index in [2.05, 4.69) is 25.2 Å². The van der Waals surface area contributed by atoms with Crippen molar-refractivity contribution >= 4 is 11.8 Å². The average molecular weight is 367 g/mol. The first-order valence-electron chi connectivity index (χ1n) is 10.4. The van der Waals surface area contributed by atoms with Crippen LogP contribution in [-0.2, 0) is 14.3 Å². The summed E-state index contributed by atoms with van der Waals surface area (Å²) in [6.07, 6.45) is 11.0. The van der Waals surface area contributed by atoms with Crippen LogP contribution in [0.4, 0.5) is 0 Å². The first-order valence-corrected chi connectivity index (χ1v) is 10.4. The lowest BCUT2D eigenvalue weighted by Gasteiger charge is -2.58. The van der Waals surface area contributed by atoms with E-state index in [-0.39, 0.29) is 34.6 Å². The van der Waals surface area contributed by atoms with Gasteiger partial charge in [-0.25, -0.2) is 0 Å². The highest BCUT2D eigenvalue weighted by atomic mass is 16.5. The topological polar surface area (TPSA) is 55.4 Å². The fourth-order valence-corrected chi connectivity index (χ4v) is 7.49. The number of allylic oxidation sites excluding steroid dienone is 5. The lowest BCUT2D eigenvalue weighted by Crippen LogP contribution is -2.57. The lowest BCUT2D eigenvalue weighted by atomic mass is 9.47. The maximum Gasteiger partial charge on any atom is 0.302 e. The van der Waals surface area contributed by atoms with Crippen molar-refractivity contribution in [1.29, 1.82) is 0 Å². The molecule has 0 bridgehead atoms. The number of rotatable bonds is 1. The van der Waals surface area contributed by atoms with Crippen molar-refractivity contribution in [2.75, 3.05) is 6.54 Å². The summed E-state index contributed by atoms with van der Waals surface area (Å²) in [5.41, 5.74) is 4.16. The first kappa shape index (κ1) is 17.3. The van der Waals surface area contributed by atoms with Gasteiger partial charge in [-0.1, -0.05) is 18.6 Å². The van der Waals surface area contributed by atoms with E-state index in [1.165, 1.54) is 31.0 Å². The van der Waals surface area contributed by atoms with Crippen LogP contribution in [0.5, 0.6) is 0 Å². The number of ketones is 1. The Morgan fingerprint density at radius 1 is 1.30 bits per heavy atom. The molecule has 1 N–H and O–H groups in total. The SMILES string of the molecule is CC(=O)O[C@@H]1CC23CNC(C)=C2CCC3C2CCC3=CC(=O)C=CC3(C)[C@H]21. The quantitative estimate of drug-likeness (QED) is 0.718. The first-order chi connectivity index (χ1) is 12.8. The summed E-state index contributed by atoms with van der Waals surface area (Å²) < 4.78 is 6.01. The van der Waals surface area contributed by atoms with Crippen LogP contribution >= 0.6 is 0 Å². The number of fused-ring (bicyclic) bond motifs is 4. The summed E-state index contributed by atoms with van der Waals surface area (Å²) in [6.45, 7) is 6.99. The second-order valence-electron chi connectivity index (χ2n) is 9.53. The molecule has 3 saturated carbocycles. The Balaban J connectivity index is 1.61. The van der Waals surface area contributed by atoms with E-state index >= 15 is 0 Å². The Bertz CT molecular complexity index is 821. The van der Waals surface area contributed by atoms with Gasteiger partial charge in [0.05, 0.1) is 0 Å². The van der Waals surface area contributed by atoms with Gasteiger partial charge in [0.25, 0.3) is 0 Å². The van der Waals surface area contributed by atoms with Gasteiger partial charge in [0.2, 0.25) is 0 Å². The average Bonchev–Trinajstić information content (AvgIpc) is 3.12. The maximum absolute atomic E-state index is 12.0. The molecular formula is C23H29NO3. The summed E-state index contributed by atoms with van der Waals surface area (Å²) in [5.74, 6) is 1.36. The summed E-state index contributed by atoms with van der Waals surface area (Å²) in [6, 6.07) is 0. The zero-order valence-corrected chi connectivity index (χ0v) is 16.5. The van der Waals surface area contributed by atoms with Crippen LogP contribution in [0.2, 0.25) is 0 Å². The number of hydrogen-bond donors (Lipinski definition) is 1. The summed E-state index contributed by atoms with van der Waals surface area (Å²) in [7, 11) is 0. The molecule has 0 aromatic heterocycles. The predicted molar refractivity (Wildman–Crippen MR) is 103 cm³/mol. The van der Waals surface area contributed by atoms with Crippen LogP contribution in [0.15, 0.2) is 35.1 Å². The van der Waals surface area contributed by atoms with Gasteiger partial charge in [0.15, 0.2) is 5.78 Å². The van der Waals surface area contributed by atoms with Gasteiger partial charge >= 0.3 is 5.97 Å². The Kier molecular flexibility index (Phi) is 3.57. The second-order valence-corrected chi connectivity index (χ2v) is 9.53. The normalized spacial score (nSPS) is 44.7. The van der Waals surface area contributed by atoms with Crippen molar-refractivity contribution in [3.63, 3.8) is 0 Å². The molecule has 0 radical (unpaired) electrons. The molecule has 0 saturated heterocycles. The Morgan fingerprint density at radius 3 is 2.89 bits per heavy atom. The molecule has 144 valence electrons. The van der Waals surface area contributed by atoms with Crippen LogP contribution in [-0.4, -0.2) is 24.4 Å². The van der Waals surface area contributed by atoms with Gasteiger partial charge < -0.3 is 10.1 Å². The van der Waals surface area contributed by atoms with E-state index in [0.29, 0.717) is 11.8 Å². The third-order valence-electron chi connectivity index (χ3n) is 8.44. The van der Waals surface area contributed by atoms with Crippen molar-refractivity contribution in [3.8, 4) is 0 Å². The Morgan fingerprint density at radius 2 is 2.11 bits per heavy atom. The molecule has 0 amide bonds. The van der Waals surface area contributed by atoms with Gasteiger partial charge in [0.1, 0.15) is 6.10 Å². The van der Waals surface area contributed by atoms with Crippen LogP contribution in [0.25, 0.3) is 0 Å². The van der Waals surface area contributed by atoms with E-state index in [4.69, 9.17) is 4.74 Å². The predicted octanol–water partition coefficient (Wildman–Crippen LogP) is 3.69. The fraction of sp³-hybridized carbons (Fsp3) is 0.652. The van der Waals surface area contributed by atoms with Crippen molar-refractivity contribution in [1.82, 2.24) is 5.32 Å². The highest BCUT2D eigenvalue weighted by Gasteiger charge is 2.64. The van der Waals surface area contributed by atoms with Crippen LogP contribution in [0.1, 0.15) is 52.9 Å². The number of carbonyl (C=O) groups excluding carboxylic acids is 2. The number of hydrogen-bond acceptors (Lipinski definition) is 4. The van der Waals surface area contributed by atoms with Crippen LogP contribution < -0.4 is 5.32 Å². The number of carbonyl (C=O) groups is 2. The molecular weight excluding hydrogens is 338 g/mol. The number of nitrogens with one attached hydrogen (secondary N) is 1. The molecule has 3 fully saturated rings. The summed E-state index contributed by atoms with van der Waals surface area (Å²) in [5, 5.41) is 3.62. The van der Waals surface area contributed by atoms with Crippen molar-refractivity contribution in [3.05, 3.63) is 35.1 Å². The van der Waals surface area contributed by atoms with Crippen LogP contribution in [0, 0.1) is 28.6 Å². The molecule has 6 atom stereocenters. The van der Waals surface area contributed by atoms with Crippen molar-refractivity contribution in [2.24, 2.45) is 28.6 Å². The third kappa shape index (κ3) is 2.22. The van der Waals surface area contributed by atoms with Crippen molar-refractivity contribution in [2.45, 2.75) is 59.0 Å². The lowest BCUT2D eigenvalue weighted by molar-refractivity contribution is -0.166. The van der Waals surface area contributed by atoms with Crippen LogP contribution in [0.3, 0.4) is 0 Å². The van der Waals surface area contributed by atoms with E-state index in [1.54, 1.807) is 11.6 Å². The standard InChI is InChI=1S/C23H29NO3/c1-13-18-6-7-19-17-5-4-15-10-16(26)8-9-22(15,3)21(17)20(27-14(2)25)11-23(18,19)12-24-13/h8-10,17,19-21,24H,4-7,11-12H2,1-3H3/t17?,19?,20-,21-,22?,23?/m1/s1. The molecule has 5 rings (SSSR count). The molecule has 1 spiro atoms. The van der Waals surface area contributed by atoms with Gasteiger partial charge in [-0.3, -0.25) is 9.59 Å². The van der Waals surface area contributed by atoms with E-state index < -0.39 is 0 Å². The molecule has 4 nitrogen and oxygen atoms in total. The van der Waals surface area contributed by atoms with E-state index in [0.717, 1.165) is 25.8 Å². The van der Waals surface area contributed by atoms with Gasteiger partial charge in [-0.2, -0.15) is 0 Å². The minimum atomic E-state index is -0.185. The smallest absolute Gasteiger partial charge is 0.302 e. The van der Waals surface area contributed by atoms with Gasteiger partial charge in [-0.05, 0) is 68.6 Å². The highest BCUT2D eigenvalue weighted by molar-refractivity contribution is 6.01. The molecule has 4 unspecified atom stereocenters. The summed E-state index contributed by atoms with van der Waals surface area (Å²) >= 11 is 0. The molecule has 1 aliphatic heterocycles. The molecule has 5 aliphatic rings. The summed E-state index contributed by atoms with van der Waals surface area (Å²) in [4.78, 5) is 24.0. The zero-order chi connectivity index (χ0) is 19.0. The zero-order valence-electron chi connectivity index (χ0n) is 16.5. The maximum atomic E-state index is 12.0. The van der Waals surface area contributed by atoms with Gasteiger partial charge in [-0.15, -0.1) is 0 Å². The number of esters is 1. The second kappa shape index (κ2) is 5.59. The molecule has 4 aliphatic carbocycles. The minimum absolute atomic E-state index is 0.0869. The molecule has 1 heterocycles. The third-order valence-corrected chi connectivity index (χ3v) is 8.44. The number of ether oxygens (including phenoxy) is 1. The Hall–Kier alpha value is -1.84. The highest BCUT2D eigenvalue weighted by Crippen LogP contribution is 2.67. The molecule has 4 heteroatoms. The molecule has 27 heavy (non-hydrogen) atoms. The van der Waals surface area contributed by atoms with Crippen molar-refractivity contribution < 1.29 is 14.3 Å². The minimum Gasteiger partial charge on any atom is -0.462 e. The molecule has 0 aromatic carbocycles. The Labute approximate surface area is 161 Å². The van der Waals surface area contributed by atoms with E-state index in [1.807, 2.05) is 6.08 Å². The fourth-order valence-electron chi connectivity index (χ4n) is 7.49. The van der Waals surface area contributed by atoms with Gasteiger partial charge in [0, 0.05) is 35.9 Å². The largest absolute Gasteiger partial charge is 0.462 e.